The van der Waals surface area contributed by atoms with Gasteiger partial charge in [-0.2, -0.15) is 4.98 Å². The Morgan fingerprint density at radius 3 is 2.54 bits per heavy atom. The molecule has 2 aromatic carbocycles. The summed E-state index contributed by atoms with van der Waals surface area (Å²) < 4.78 is 11.3. The SMILES string of the molecule is CCc1cc(Oc2ccccc2OC)nc(SCc2cccc(Cl)c2)n1. The number of ether oxygens (including phenoxy) is 2. The van der Waals surface area contributed by atoms with Crippen LogP contribution in [0.4, 0.5) is 0 Å². The van der Waals surface area contributed by atoms with Gasteiger partial charge in [0.15, 0.2) is 16.7 Å². The van der Waals surface area contributed by atoms with E-state index >= 15 is 0 Å². The average Bonchev–Trinajstić information content (AvgIpc) is 2.66. The Hall–Kier alpha value is -2.24. The molecule has 0 spiro atoms. The van der Waals surface area contributed by atoms with Gasteiger partial charge in [0.1, 0.15) is 0 Å². The molecule has 0 unspecified atom stereocenters. The minimum Gasteiger partial charge on any atom is -0.493 e. The zero-order valence-electron chi connectivity index (χ0n) is 14.6. The standard InChI is InChI=1S/C20H19ClN2O2S/c1-3-16-12-19(25-18-10-5-4-9-17(18)24-2)23-20(22-16)26-13-14-7-6-8-15(21)11-14/h4-12H,3,13H2,1-2H3. The molecule has 6 heteroatoms. The first-order chi connectivity index (χ1) is 12.7. The highest BCUT2D eigenvalue weighted by Crippen LogP contribution is 2.31. The minimum atomic E-state index is 0.509. The maximum atomic E-state index is 6.05. The fraction of sp³-hybridized carbons (Fsp3) is 0.200. The molecule has 1 aromatic heterocycles. The summed E-state index contributed by atoms with van der Waals surface area (Å²) in [6.45, 7) is 2.06. The Morgan fingerprint density at radius 2 is 1.81 bits per heavy atom. The Bertz CT molecular complexity index is 889. The summed E-state index contributed by atoms with van der Waals surface area (Å²) in [4.78, 5) is 9.11. The van der Waals surface area contributed by atoms with Crippen LogP contribution in [0.5, 0.6) is 17.4 Å². The number of aromatic nitrogens is 2. The third-order valence-electron chi connectivity index (χ3n) is 3.64. The molecular formula is C20H19ClN2O2S. The number of thioether (sulfide) groups is 1. The molecule has 4 nitrogen and oxygen atoms in total. The summed E-state index contributed by atoms with van der Waals surface area (Å²) in [7, 11) is 1.62. The molecule has 3 aromatic rings. The lowest BCUT2D eigenvalue weighted by Gasteiger charge is -2.11. The van der Waals surface area contributed by atoms with E-state index in [1.807, 2.05) is 54.6 Å². The second-order valence-electron chi connectivity index (χ2n) is 5.51. The lowest BCUT2D eigenvalue weighted by Crippen LogP contribution is -1.98. The lowest BCUT2D eigenvalue weighted by atomic mass is 10.2. The number of hydrogen-bond acceptors (Lipinski definition) is 5. The van der Waals surface area contributed by atoms with Gasteiger partial charge in [-0.15, -0.1) is 0 Å². The molecule has 3 rings (SSSR count). The average molecular weight is 387 g/mol. The highest BCUT2D eigenvalue weighted by Gasteiger charge is 2.10. The summed E-state index contributed by atoms with van der Waals surface area (Å²) in [5.74, 6) is 2.54. The summed E-state index contributed by atoms with van der Waals surface area (Å²) >= 11 is 7.60. The highest BCUT2D eigenvalue weighted by molar-refractivity contribution is 7.98. The van der Waals surface area contributed by atoms with Crippen LogP contribution in [-0.4, -0.2) is 17.1 Å². The monoisotopic (exact) mass is 386 g/mol. The third kappa shape index (κ3) is 4.90. The van der Waals surface area contributed by atoms with Gasteiger partial charge in [0.05, 0.1) is 7.11 Å². The number of aryl methyl sites for hydroxylation is 1. The van der Waals surface area contributed by atoms with E-state index in [1.165, 1.54) is 0 Å². The van der Waals surface area contributed by atoms with Crippen molar-refractivity contribution in [1.29, 1.82) is 0 Å². The van der Waals surface area contributed by atoms with Crippen molar-refractivity contribution >= 4 is 23.4 Å². The van der Waals surface area contributed by atoms with E-state index in [0.29, 0.717) is 22.5 Å². The van der Waals surface area contributed by atoms with Crippen LogP contribution in [0.3, 0.4) is 0 Å². The van der Waals surface area contributed by atoms with Crippen LogP contribution in [0.2, 0.25) is 5.02 Å². The van der Waals surface area contributed by atoms with Gasteiger partial charge in [0.2, 0.25) is 5.88 Å². The number of methoxy groups -OCH3 is 1. The molecule has 0 atom stereocenters. The predicted molar refractivity (Wildman–Crippen MR) is 105 cm³/mol. The molecule has 0 amide bonds. The van der Waals surface area contributed by atoms with Crippen molar-refractivity contribution < 1.29 is 9.47 Å². The van der Waals surface area contributed by atoms with Gasteiger partial charge >= 0.3 is 0 Å². The number of benzene rings is 2. The molecule has 0 radical (unpaired) electrons. The first-order valence-electron chi connectivity index (χ1n) is 8.24. The van der Waals surface area contributed by atoms with E-state index in [0.717, 1.165) is 28.5 Å². The van der Waals surface area contributed by atoms with E-state index < -0.39 is 0 Å². The van der Waals surface area contributed by atoms with Crippen molar-refractivity contribution in [3.63, 3.8) is 0 Å². The summed E-state index contributed by atoms with van der Waals surface area (Å²) in [6, 6.07) is 17.2. The minimum absolute atomic E-state index is 0.509. The Kier molecular flexibility index (Phi) is 6.36. The first kappa shape index (κ1) is 18.5. The van der Waals surface area contributed by atoms with Gasteiger partial charge < -0.3 is 9.47 Å². The van der Waals surface area contributed by atoms with E-state index in [2.05, 4.69) is 16.9 Å². The van der Waals surface area contributed by atoms with Crippen LogP contribution in [0, 0.1) is 0 Å². The molecule has 1 heterocycles. The van der Waals surface area contributed by atoms with Gasteiger partial charge in [0, 0.05) is 22.5 Å². The smallest absolute Gasteiger partial charge is 0.223 e. The van der Waals surface area contributed by atoms with Gasteiger partial charge in [-0.1, -0.05) is 54.6 Å². The number of nitrogens with zero attached hydrogens (tertiary/aromatic N) is 2. The van der Waals surface area contributed by atoms with Gasteiger partial charge in [0.25, 0.3) is 0 Å². The second-order valence-corrected chi connectivity index (χ2v) is 6.88. The van der Waals surface area contributed by atoms with Crippen molar-refractivity contribution in [1.82, 2.24) is 9.97 Å². The fourth-order valence-corrected chi connectivity index (χ4v) is 3.36. The number of hydrogen-bond donors (Lipinski definition) is 0. The summed E-state index contributed by atoms with van der Waals surface area (Å²) in [5, 5.41) is 1.40. The molecule has 0 bridgehead atoms. The van der Waals surface area contributed by atoms with Gasteiger partial charge in [-0.05, 0) is 36.2 Å². The molecular weight excluding hydrogens is 368 g/mol. The molecule has 26 heavy (non-hydrogen) atoms. The Labute approximate surface area is 162 Å². The highest BCUT2D eigenvalue weighted by atomic mass is 35.5. The molecule has 0 aliphatic heterocycles. The number of halogens is 1. The van der Waals surface area contributed by atoms with Crippen molar-refractivity contribution in [3.8, 4) is 17.4 Å². The zero-order chi connectivity index (χ0) is 18.4. The van der Waals surface area contributed by atoms with Crippen LogP contribution >= 0.6 is 23.4 Å². The van der Waals surface area contributed by atoms with Crippen LogP contribution in [0.15, 0.2) is 59.8 Å². The Morgan fingerprint density at radius 1 is 1.00 bits per heavy atom. The van der Waals surface area contributed by atoms with E-state index in [4.69, 9.17) is 21.1 Å². The van der Waals surface area contributed by atoms with Gasteiger partial charge in [-0.25, -0.2) is 4.98 Å². The summed E-state index contributed by atoms with van der Waals surface area (Å²) in [6.07, 6.45) is 0.801. The maximum absolute atomic E-state index is 6.05. The fourth-order valence-electron chi connectivity index (χ4n) is 2.34. The quantitative estimate of drug-likeness (QED) is 0.380. The van der Waals surface area contributed by atoms with Crippen LogP contribution in [0.1, 0.15) is 18.2 Å². The van der Waals surface area contributed by atoms with Crippen molar-refractivity contribution in [2.75, 3.05) is 7.11 Å². The Balaban J connectivity index is 1.80. The topological polar surface area (TPSA) is 44.2 Å². The third-order valence-corrected chi connectivity index (χ3v) is 4.79. The maximum Gasteiger partial charge on any atom is 0.223 e. The van der Waals surface area contributed by atoms with E-state index in [-0.39, 0.29) is 0 Å². The van der Waals surface area contributed by atoms with Crippen molar-refractivity contribution in [2.45, 2.75) is 24.3 Å². The van der Waals surface area contributed by atoms with Crippen LogP contribution < -0.4 is 9.47 Å². The van der Waals surface area contributed by atoms with Crippen LogP contribution in [0.25, 0.3) is 0 Å². The molecule has 0 fully saturated rings. The van der Waals surface area contributed by atoms with Crippen LogP contribution in [-0.2, 0) is 12.2 Å². The second kappa shape index (κ2) is 8.92. The normalized spacial score (nSPS) is 10.6. The molecule has 0 saturated heterocycles. The van der Waals surface area contributed by atoms with Crippen molar-refractivity contribution in [3.05, 3.63) is 70.9 Å². The molecule has 0 aliphatic rings. The van der Waals surface area contributed by atoms with Crippen molar-refractivity contribution in [2.24, 2.45) is 0 Å². The lowest BCUT2D eigenvalue weighted by molar-refractivity contribution is 0.372. The van der Waals surface area contributed by atoms with E-state index in [9.17, 15) is 0 Å². The molecule has 0 N–H and O–H groups in total. The summed E-state index contributed by atoms with van der Waals surface area (Å²) in [5.41, 5.74) is 2.05. The predicted octanol–water partition coefficient (Wildman–Crippen LogP) is 5.79. The zero-order valence-corrected chi connectivity index (χ0v) is 16.2. The largest absolute Gasteiger partial charge is 0.493 e. The number of rotatable bonds is 7. The first-order valence-corrected chi connectivity index (χ1v) is 9.60. The molecule has 134 valence electrons. The molecule has 0 saturated carbocycles. The van der Waals surface area contributed by atoms with E-state index in [1.54, 1.807) is 18.9 Å². The van der Waals surface area contributed by atoms with Gasteiger partial charge in [-0.3, -0.25) is 0 Å². The number of para-hydroxylation sites is 2. The molecule has 0 aliphatic carbocycles.